The van der Waals surface area contributed by atoms with Crippen molar-refractivity contribution in [2.75, 3.05) is 7.11 Å². The molecule has 124 valence electrons. The van der Waals surface area contributed by atoms with Crippen LogP contribution >= 0.6 is 11.6 Å². The van der Waals surface area contributed by atoms with Gasteiger partial charge >= 0.3 is 12.1 Å². The fourth-order valence-electron chi connectivity index (χ4n) is 2.43. The van der Waals surface area contributed by atoms with E-state index in [2.05, 4.69) is 10.1 Å². The number of nitrogens with one attached hydrogen (secondary N) is 1. The third-order valence-electron chi connectivity index (χ3n) is 3.91. The molecular weight excluding hydrogens is 335 g/mol. The number of benzene rings is 1. The highest BCUT2D eigenvalue weighted by molar-refractivity contribution is 6.30. The van der Waals surface area contributed by atoms with Crippen LogP contribution in [-0.2, 0) is 9.53 Å². The van der Waals surface area contributed by atoms with Gasteiger partial charge in [-0.3, -0.25) is 4.79 Å². The number of carbonyl (C=O) groups excluding carboxylic acids is 2. The molecular formula is C15H13ClF3NO3. The van der Waals surface area contributed by atoms with Crippen LogP contribution in [0.4, 0.5) is 13.2 Å². The molecule has 0 fully saturated rings. The summed E-state index contributed by atoms with van der Waals surface area (Å²) in [7, 11) is 0.986. The monoisotopic (exact) mass is 347 g/mol. The molecule has 1 aromatic carbocycles. The van der Waals surface area contributed by atoms with Crippen molar-refractivity contribution in [2.45, 2.75) is 19.1 Å². The molecule has 1 aromatic rings. The zero-order chi connectivity index (χ0) is 17.4. The molecule has 1 aliphatic heterocycles. The molecule has 2 rings (SSSR count). The van der Waals surface area contributed by atoms with Crippen molar-refractivity contribution in [3.05, 3.63) is 46.6 Å². The highest BCUT2D eigenvalue weighted by atomic mass is 35.5. The highest BCUT2D eigenvalue weighted by Gasteiger charge is 2.64. The van der Waals surface area contributed by atoms with Gasteiger partial charge in [0.2, 0.25) is 0 Å². The minimum Gasteiger partial charge on any atom is -0.467 e. The Morgan fingerprint density at radius 3 is 2.30 bits per heavy atom. The number of halogens is 4. The summed E-state index contributed by atoms with van der Waals surface area (Å²) < 4.78 is 45.3. The fourth-order valence-corrected chi connectivity index (χ4v) is 2.56. The topological polar surface area (TPSA) is 55.4 Å². The molecule has 1 N–H and O–H groups in total. The van der Waals surface area contributed by atoms with Crippen LogP contribution in [0.2, 0.25) is 5.02 Å². The Balaban J connectivity index is 2.47. The smallest absolute Gasteiger partial charge is 0.400 e. The first kappa shape index (κ1) is 17.3. The summed E-state index contributed by atoms with van der Waals surface area (Å²) >= 11 is 5.71. The first-order chi connectivity index (χ1) is 10.6. The molecule has 0 saturated heterocycles. The van der Waals surface area contributed by atoms with Crippen molar-refractivity contribution in [3.8, 4) is 0 Å². The zero-order valence-electron chi connectivity index (χ0n) is 12.2. The number of Topliss-reactive ketones (excluding diaryl/α,β-unsaturated/α-hetero) is 1. The van der Waals surface area contributed by atoms with E-state index in [-0.39, 0.29) is 5.56 Å². The van der Waals surface area contributed by atoms with Gasteiger partial charge in [-0.15, -0.1) is 0 Å². The lowest BCUT2D eigenvalue weighted by atomic mass is 9.74. The van der Waals surface area contributed by atoms with Gasteiger partial charge in [0.1, 0.15) is 11.5 Å². The Kier molecular flexibility index (Phi) is 4.43. The van der Waals surface area contributed by atoms with Crippen LogP contribution in [0.25, 0.3) is 0 Å². The lowest BCUT2D eigenvalue weighted by molar-refractivity contribution is -0.212. The maximum atomic E-state index is 13.6. The van der Waals surface area contributed by atoms with Crippen LogP contribution in [0.1, 0.15) is 17.3 Å². The maximum absolute atomic E-state index is 13.6. The molecule has 0 saturated carbocycles. The van der Waals surface area contributed by atoms with Crippen LogP contribution in [0.5, 0.6) is 0 Å². The van der Waals surface area contributed by atoms with Gasteiger partial charge in [0.15, 0.2) is 5.78 Å². The predicted octanol–water partition coefficient (Wildman–Crippen LogP) is 3.12. The van der Waals surface area contributed by atoms with Crippen LogP contribution < -0.4 is 5.32 Å². The molecule has 23 heavy (non-hydrogen) atoms. The number of ketones is 1. The molecule has 0 radical (unpaired) electrons. The van der Waals surface area contributed by atoms with Crippen LogP contribution in [0.15, 0.2) is 36.0 Å². The lowest BCUT2D eigenvalue weighted by Crippen LogP contribution is -2.53. The van der Waals surface area contributed by atoms with E-state index in [1.54, 1.807) is 0 Å². The quantitative estimate of drug-likeness (QED) is 0.674. The molecule has 2 atom stereocenters. The number of esters is 1. The van der Waals surface area contributed by atoms with Crippen molar-refractivity contribution in [1.29, 1.82) is 0 Å². The summed E-state index contributed by atoms with van der Waals surface area (Å²) in [6.07, 6.45) is -3.91. The number of ether oxygens (including phenoxy) is 1. The largest absolute Gasteiger partial charge is 0.467 e. The van der Waals surface area contributed by atoms with Gasteiger partial charge in [-0.1, -0.05) is 11.6 Å². The first-order valence-corrected chi connectivity index (χ1v) is 6.92. The molecule has 0 spiro atoms. The number of methoxy groups -OCH3 is 1. The van der Waals surface area contributed by atoms with Crippen molar-refractivity contribution in [2.24, 2.45) is 5.41 Å². The van der Waals surface area contributed by atoms with E-state index in [4.69, 9.17) is 11.6 Å². The van der Waals surface area contributed by atoms with Crippen molar-refractivity contribution < 1.29 is 27.5 Å². The number of hydrogen-bond donors (Lipinski definition) is 1. The van der Waals surface area contributed by atoms with Gasteiger partial charge in [0.25, 0.3) is 0 Å². The van der Waals surface area contributed by atoms with E-state index in [1.165, 1.54) is 24.3 Å². The number of rotatable bonds is 3. The second-order valence-corrected chi connectivity index (χ2v) is 5.65. The molecule has 1 heterocycles. The summed E-state index contributed by atoms with van der Waals surface area (Å²) in [6.45, 7) is 0.800. The second kappa shape index (κ2) is 5.88. The SMILES string of the molecule is COC(=O)[C@H]1NC=C(C(=O)c2ccc(Cl)cc2)[C@]1(C)C(F)(F)F. The normalized spacial score (nSPS) is 23.9. The molecule has 0 bridgehead atoms. The molecule has 1 aliphatic rings. The number of alkyl halides is 3. The third-order valence-corrected chi connectivity index (χ3v) is 4.16. The molecule has 8 heteroatoms. The Morgan fingerprint density at radius 2 is 1.83 bits per heavy atom. The summed E-state index contributed by atoms with van der Waals surface area (Å²) in [5.74, 6) is -1.93. The van der Waals surface area contributed by atoms with Gasteiger partial charge in [-0.25, -0.2) is 4.79 Å². The highest BCUT2D eigenvalue weighted by Crippen LogP contribution is 2.50. The van der Waals surface area contributed by atoms with E-state index in [0.717, 1.165) is 20.2 Å². The Bertz CT molecular complexity index is 670. The molecule has 4 nitrogen and oxygen atoms in total. The summed E-state index contributed by atoms with van der Waals surface area (Å²) in [6, 6.07) is 3.74. The van der Waals surface area contributed by atoms with E-state index in [1.807, 2.05) is 0 Å². The molecule has 0 aromatic heterocycles. The van der Waals surface area contributed by atoms with E-state index >= 15 is 0 Å². The van der Waals surface area contributed by atoms with Crippen molar-refractivity contribution in [1.82, 2.24) is 5.32 Å². The summed E-state index contributed by atoms with van der Waals surface area (Å²) in [5, 5.41) is 2.67. The summed E-state index contributed by atoms with van der Waals surface area (Å²) in [5.41, 5.74) is -3.21. The van der Waals surface area contributed by atoms with Crippen molar-refractivity contribution >= 4 is 23.4 Å². The van der Waals surface area contributed by atoms with Crippen LogP contribution in [-0.4, -0.2) is 31.1 Å². The van der Waals surface area contributed by atoms with E-state index < -0.39 is 35.0 Å². The minimum absolute atomic E-state index is 0.0449. The van der Waals surface area contributed by atoms with Crippen LogP contribution in [0.3, 0.4) is 0 Å². The predicted molar refractivity (Wildman–Crippen MR) is 77.0 cm³/mol. The third kappa shape index (κ3) is 2.81. The zero-order valence-corrected chi connectivity index (χ0v) is 13.0. The van der Waals surface area contributed by atoms with Gasteiger partial charge in [0.05, 0.1) is 7.11 Å². The standard InChI is InChI=1S/C15H13ClF3NO3/c1-14(15(17,18)19)10(7-20-12(14)13(22)23-2)11(21)8-3-5-9(16)6-4-8/h3-7,12,20H,1-2H3/t12-,14+/m1/s1. The van der Waals surface area contributed by atoms with Crippen molar-refractivity contribution in [3.63, 3.8) is 0 Å². The van der Waals surface area contributed by atoms with Gasteiger partial charge in [-0.2, -0.15) is 13.2 Å². The minimum atomic E-state index is -4.83. The van der Waals surface area contributed by atoms with Gasteiger partial charge in [-0.05, 0) is 31.2 Å². The average molecular weight is 348 g/mol. The first-order valence-electron chi connectivity index (χ1n) is 6.54. The molecule has 0 unspecified atom stereocenters. The van der Waals surface area contributed by atoms with E-state index in [0.29, 0.717) is 5.02 Å². The Labute approximate surface area is 135 Å². The van der Waals surface area contributed by atoms with Crippen LogP contribution in [0, 0.1) is 5.41 Å². The van der Waals surface area contributed by atoms with E-state index in [9.17, 15) is 22.8 Å². The molecule has 0 aliphatic carbocycles. The Hall–Kier alpha value is -2.02. The van der Waals surface area contributed by atoms with Gasteiger partial charge in [0, 0.05) is 22.4 Å². The molecule has 0 amide bonds. The fraction of sp³-hybridized carbons (Fsp3) is 0.333. The summed E-state index contributed by atoms with van der Waals surface area (Å²) in [4.78, 5) is 24.2. The number of carbonyl (C=O) groups is 2. The number of hydrogen-bond acceptors (Lipinski definition) is 4. The van der Waals surface area contributed by atoms with Gasteiger partial charge < -0.3 is 10.1 Å². The average Bonchev–Trinajstić information content (AvgIpc) is 2.85. The maximum Gasteiger partial charge on any atom is 0.400 e. The Morgan fingerprint density at radius 1 is 1.26 bits per heavy atom. The lowest BCUT2D eigenvalue weighted by Gasteiger charge is -2.33. The second-order valence-electron chi connectivity index (χ2n) is 5.22.